The van der Waals surface area contributed by atoms with Crippen LogP contribution in [0.5, 0.6) is 5.75 Å². The van der Waals surface area contributed by atoms with Crippen molar-refractivity contribution in [3.8, 4) is 5.75 Å². The largest absolute Gasteiger partial charge is 0.495 e. The molecule has 0 radical (unpaired) electrons. The van der Waals surface area contributed by atoms with Gasteiger partial charge >= 0.3 is 0 Å². The van der Waals surface area contributed by atoms with E-state index < -0.39 is 6.04 Å². The van der Waals surface area contributed by atoms with E-state index in [1.807, 2.05) is 32.0 Å². The second-order valence-electron chi connectivity index (χ2n) is 6.15. The number of hydrogen-bond donors (Lipinski definition) is 0. The fraction of sp³-hybridized carbons (Fsp3) is 0.529. The van der Waals surface area contributed by atoms with Gasteiger partial charge in [0.25, 0.3) is 0 Å². The van der Waals surface area contributed by atoms with Gasteiger partial charge in [-0.05, 0) is 44.4 Å². The van der Waals surface area contributed by atoms with Crippen LogP contribution in [0.3, 0.4) is 0 Å². The maximum atomic E-state index is 12.7. The predicted molar refractivity (Wildman–Crippen MR) is 84.0 cm³/mol. The Bertz CT molecular complexity index is 610. The van der Waals surface area contributed by atoms with Gasteiger partial charge in [0.1, 0.15) is 11.8 Å². The molecule has 0 aromatic heterocycles. The van der Waals surface area contributed by atoms with E-state index in [1.54, 1.807) is 16.9 Å². The van der Waals surface area contributed by atoms with Gasteiger partial charge in [-0.25, -0.2) is 0 Å². The quantitative estimate of drug-likeness (QED) is 0.858. The zero-order valence-electron chi connectivity index (χ0n) is 13.3. The van der Waals surface area contributed by atoms with E-state index in [9.17, 15) is 9.59 Å². The van der Waals surface area contributed by atoms with E-state index in [-0.39, 0.29) is 17.7 Å². The molecule has 1 unspecified atom stereocenters. The van der Waals surface area contributed by atoms with Crippen LogP contribution >= 0.6 is 0 Å². The van der Waals surface area contributed by atoms with Crippen LogP contribution in [-0.2, 0) is 9.59 Å². The van der Waals surface area contributed by atoms with Crippen LogP contribution < -0.4 is 9.64 Å². The maximum absolute atomic E-state index is 12.7. The predicted octanol–water partition coefficient (Wildman–Crippen LogP) is 1.98. The SMILES string of the molecule is COc1ccc(C)cc1N1CCN(C(=O)C2CC2)C(C)C1=O. The summed E-state index contributed by atoms with van der Waals surface area (Å²) in [5.41, 5.74) is 1.87. The summed E-state index contributed by atoms with van der Waals surface area (Å²) in [4.78, 5) is 28.5. The van der Waals surface area contributed by atoms with Gasteiger partial charge in [0.05, 0.1) is 12.8 Å². The molecule has 0 N–H and O–H groups in total. The second kappa shape index (κ2) is 5.63. The molecule has 3 rings (SSSR count). The van der Waals surface area contributed by atoms with Crippen molar-refractivity contribution >= 4 is 17.5 Å². The molecule has 5 heteroatoms. The van der Waals surface area contributed by atoms with Gasteiger partial charge in [-0.1, -0.05) is 6.07 Å². The molecule has 0 spiro atoms. The highest BCUT2D eigenvalue weighted by atomic mass is 16.5. The van der Waals surface area contributed by atoms with Gasteiger partial charge in [0.2, 0.25) is 11.8 Å². The van der Waals surface area contributed by atoms with Gasteiger partial charge in [0, 0.05) is 19.0 Å². The molecular weight excluding hydrogens is 280 g/mol. The first kappa shape index (κ1) is 14.9. The van der Waals surface area contributed by atoms with Crippen molar-refractivity contribution in [1.82, 2.24) is 4.90 Å². The highest BCUT2D eigenvalue weighted by Gasteiger charge is 2.41. The summed E-state index contributed by atoms with van der Waals surface area (Å²) in [7, 11) is 1.61. The molecule has 2 aliphatic rings. The minimum atomic E-state index is -0.410. The van der Waals surface area contributed by atoms with E-state index in [4.69, 9.17) is 4.74 Å². The van der Waals surface area contributed by atoms with Crippen molar-refractivity contribution in [3.63, 3.8) is 0 Å². The average molecular weight is 302 g/mol. The van der Waals surface area contributed by atoms with Gasteiger partial charge in [-0.3, -0.25) is 9.59 Å². The molecule has 1 aliphatic carbocycles. The first-order chi connectivity index (χ1) is 10.5. The molecule has 1 aromatic rings. The average Bonchev–Trinajstić information content (AvgIpc) is 3.34. The molecule has 1 aromatic carbocycles. The first-order valence-corrected chi connectivity index (χ1v) is 7.79. The standard InChI is InChI=1S/C17H22N2O3/c1-11-4-7-15(22-3)14(10-11)19-9-8-18(12(2)16(19)20)17(21)13-5-6-13/h4,7,10,12-13H,5-6,8-9H2,1-3H3. The molecule has 118 valence electrons. The number of carbonyl (C=O) groups excluding carboxylic acids is 2. The number of piperazine rings is 1. The molecule has 1 saturated carbocycles. The number of nitrogens with zero attached hydrogens (tertiary/aromatic N) is 2. The maximum Gasteiger partial charge on any atom is 0.249 e. The molecule has 1 heterocycles. The highest BCUT2D eigenvalue weighted by Crippen LogP contribution is 2.35. The molecule has 22 heavy (non-hydrogen) atoms. The molecule has 2 fully saturated rings. The van der Waals surface area contributed by atoms with Crippen LogP contribution in [-0.4, -0.2) is 43.0 Å². The summed E-state index contributed by atoms with van der Waals surface area (Å²) in [6.45, 7) is 4.90. The topological polar surface area (TPSA) is 49.9 Å². The Morgan fingerprint density at radius 1 is 1.27 bits per heavy atom. The summed E-state index contributed by atoms with van der Waals surface area (Å²) in [6.07, 6.45) is 1.93. The van der Waals surface area contributed by atoms with Crippen molar-refractivity contribution in [2.75, 3.05) is 25.1 Å². The number of amides is 2. The minimum absolute atomic E-state index is 0.0378. The fourth-order valence-electron chi connectivity index (χ4n) is 2.99. The minimum Gasteiger partial charge on any atom is -0.495 e. The van der Waals surface area contributed by atoms with Crippen LogP contribution in [0.2, 0.25) is 0 Å². The number of hydrogen-bond acceptors (Lipinski definition) is 3. The van der Waals surface area contributed by atoms with E-state index in [2.05, 4.69) is 0 Å². The lowest BCUT2D eigenvalue weighted by Gasteiger charge is -2.39. The van der Waals surface area contributed by atoms with Crippen LogP contribution in [0.15, 0.2) is 18.2 Å². The van der Waals surface area contributed by atoms with Gasteiger partial charge < -0.3 is 14.5 Å². The number of methoxy groups -OCH3 is 1. The molecule has 5 nitrogen and oxygen atoms in total. The molecule has 1 saturated heterocycles. The lowest BCUT2D eigenvalue weighted by atomic mass is 10.1. The Labute approximate surface area is 130 Å². The van der Waals surface area contributed by atoms with Crippen LogP contribution in [0.1, 0.15) is 25.3 Å². The second-order valence-corrected chi connectivity index (χ2v) is 6.15. The van der Waals surface area contributed by atoms with E-state index >= 15 is 0 Å². The lowest BCUT2D eigenvalue weighted by Crippen LogP contribution is -2.58. The third-order valence-electron chi connectivity index (χ3n) is 4.49. The number of carbonyl (C=O) groups is 2. The molecule has 0 bridgehead atoms. The smallest absolute Gasteiger partial charge is 0.249 e. The summed E-state index contributed by atoms with van der Waals surface area (Å²) >= 11 is 0. The van der Waals surface area contributed by atoms with Crippen molar-refractivity contribution in [2.24, 2.45) is 5.92 Å². The Morgan fingerprint density at radius 3 is 2.64 bits per heavy atom. The van der Waals surface area contributed by atoms with E-state index in [1.165, 1.54) is 0 Å². The third-order valence-corrected chi connectivity index (χ3v) is 4.49. The van der Waals surface area contributed by atoms with Crippen molar-refractivity contribution in [3.05, 3.63) is 23.8 Å². The van der Waals surface area contributed by atoms with Gasteiger partial charge in [0.15, 0.2) is 0 Å². The summed E-state index contributed by atoms with van der Waals surface area (Å²) in [6, 6.07) is 5.39. The van der Waals surface area contributed by atoms with Crippen molar-refractivity contribution in [2.45, 2.75) is 32.7 Å². The van der Waals surface area contributed by atoms with Crippen molar-refractivity contribution in [1.29, 1.82) is 0 Å². The van der Waals surface area contributed by atoms with E-state index in [0.29, 0.717) is 18.8 Å². The Hall–Kier alpha value is -2.04. The Balaban J connectivity index is 1.84. The number of anilines is 1. The van der Waals surface area contributed by atoms with Gasteiger partial charge in [-0.2, -0.15) is 0 Å². The highest BCUT2D eigenvalue weighted by molar-refractivity contribution is 6.01. The molecular formula is C17H22N2O3. The Kier molecular flexibility index (Phi) is 3.81. The first-order valence-electron chi connectivity index (χ1n) is 7.79. The number of aryl methyl sites for hydroxylation is 1. The van der Waals surface area contributed by atoms with Crippen LogP contribution in [0.25, 0.3) is 0 Å². The Morgan fingerprint density at radius 2 is 2.00 bits per heavy atom. The van der Waals surface area contributed by atoms with E-state index in [0.717, 1.165) is 24.1 Å². The number of ether oxygens (including phenoxy) is 1. The summed E-state index contributed by atoms with van der Waals surface area (Å²) < 4.78 is 5.39. The third kappa shape index (κ3) is 2.56. The van der Waals surface area contributed by atoms with Crippen molar-refractivity contribution < 1.29 is 14.3 Å². The summed E-state index contributed by atoms with van der Waals surface area (Å²) in [5.74, 6) is 0.935. The zero-order chi connectivity index (χ0) is 15.9. The zero-order valence-corrected chi connectivity index (χ0v) is 13.3. The summed E-state index contributed by atoms with van der Waals surface area (Å²) in [5, 5.41) is 0. The van der Waals surface area contributed by atoms with Gasteiger partial charge in [-0.15, -0.1) is 0 Å². The number of rotatable bonds is 3. The molecule has 1 atom stereocenters. The monoisotopic (exact) mass is 302 g/mol. The van der Waals surface area contributed by atoms with Crippen LogP contribution in [0, 0.1) is 12.8 Å². The lowest BCUT2D eigenvalue weighted by molar-refractivity contribution is -0.141. The van der Waals surface area contributed by atoms with Crippen LogP contribution in [0.4, 0.5) is 5.69 Å². The normalized spacial score (nSPS) is 22.0. The fourth-order valence-corrected chi connectivity index (χ4v) is 2.99. The molecule has 1 aliphatic heterocycles. The number of benzene rings is 1. The molecule has 2 amide bonds.